The Morgan fingerprint density at radius 2 is 2.04 bits per heavy atom. The minimum atomic E-state index is -0.402. The van der Waals surface area contributed by atoms with E-state index >= 15 is 0 Å². The van der Waals surface area contributed by atoms with Crippen LogP contribution in [0, 0.1) is 5.92 Å². The van der Waals surface area contributed by atoms with Crippen molar-refractivity contribution in [2.45, 2.75) is 64.6 Å². The van der Waals surface area contributed by atoms with Crippen LogP contribution in [0.1, 0.15) is 58.3 Å². The average molecular weight is 401 g/mol. The summed E-state index contributed by atoms with van der Waals surface area (Å²) in [6, 6.07) is 8.39. The zero-order valence-corrected chi connectivity index (χ0v) is 17.3. The molecule has 1 aromatic carbocycles. The predicted molar refractivity (Wildman–Crippen MR) is 111 cm³/mol. The van der Waals surface area contributed by atoms with E-state index < -0.39 is 5.54 Å². The summed E-state index contributed by atoms with van der Waals surface area (Å²) >= 11 is 0. The molecule has 146 valence electrons. The molecule has 1 saturated carbocycles. The molecule has 2 unspecified atom stereocenters. The van der Waals surface area contributed by atoms with Gasteiger partial charge in [0.25, 0.3) is 0 Å². The number of amides is 1. The number of nitrogens with two attached hydrogens (primary N) is 1. The largest absolute Gasteiger partial charge is 0.349 e. The molecular weight excluding hydrogens is 371 g/mol. The minimum Gasteiger partial charge on any atom is -0.349 e. The van der Waals surface area contributed by atoms with Gasteiger partial charge in [0.2, 0.25) is 5.91 Å². The third kappa shape index (κ3) is 4.51. The number of nitrogens with zero attached hydrogens (tertiary/aromatic N) is 2. The first-order valence-electron chi connectivity index (χ1n) is 8.92. The van der Waals surface area contributed by atoms with E-state index in [0.29, 0.717) is 12.6 Å². The molecule has 2 atom stereocenters. The molecule has 2 aromatic rings. The number of fused-ring (bicyclic) bond motifs is 1. The number of carbonyl (C=O) groups is 1. The molecule has 5 nitrogen and oxygen atoms in total. The SMILES string of the molecule is CC(C)n1c(CNC(=O)C2CCCCC2(C)N)nc2ccccc21.Cl.Cl. The fraction of sp³-hybridized carbons (Fsp3) is 0.579. The highest BCUT2D eigenvalue weighted by Crippen LogP contribution is 2.31. The topological polar surface area (TPSA) is 72.9 Å². The number of carbonyl (C=O) groups excluding carboxylic acids is 1. The first-order valence-corrected chi connectivity index (χ1v) is 8.92. The number of hydrogen-bond acceptors (Lipinski definition) is 3. The van der Waals surface area contributed by atoms with E-state index in [1.54, 1.807) is 0 Å². The van der Waals surface area contributed by atoms with Crippen LogP contribution in [-0.2, 0) is 11.3 Å². The van der Waals surface area contributed by atoms with Crippen molar-refractivity contribution in [3.05, 3.63) is 30.1 Å². The molecule has 1 aliphatic rings. The van der Waals surface area contributed by atoms with Crippen LogP contribution in [0.15, 0.2) is 24.3 Å². The fourth-order valence-corrected chi connectivity index (χ4v) is 3.87. The molecule has 0 radical (unpaired) electrons. The summed E-state index contributed by atoms with van der Waals surface area (Å²) in [4.78, 5) is 17.4. The highest BCUT2D eigenvalue weighted by molar-refractivity contribution is 5.85. The molecule has 0 aliphatic heterocycles. The first kappa shape index (κ1) is 22.7. The zero-order valence-electron chi connectivity index (χ0n) is 15.7. The third-order valence-corrected chi connectivity index (χ3v) is 5.18. The Balaban J connectivity index is 0.00000169. The number of nitrogens with one attached hydrogen (secondary N) is 1. The van der Waals surface area contributed by atoms with Crippen LogP contribution in [0.3, 0.4) is 0 Å². The van der Waals surface area contributed by atoms with Crippen molar-refractivity contribution in [3.8, 4) is 0 Å². The number of halogens is 2. The molecule has 1 amide bonds. The van der Waals surface area contributed by atoms with E-state index in [4.69, 9.17) is 10.7 Å². The van der Waals surface area contributed by atoms with Crippen molar-refractivity contribution in [1.82, 2.24) is 14.9 Å². The second kappa shape index (κ2) is 9.07. The highest BCUT2D eigenvalue weighted by atomic mass is 35.5. The molecule has 1 aromatic heterocycles. The van der Waals surface area contributed by atoms with Gasteiger partial charge in [0.1, 0.15) is 5.82 Å². The van der Waals surface area contributed by atoms with Crippen molar-refractivity contribution in [1.29, 1.82) is 0 Å². The quantitative estimate of drug-likeness (QED) is 0.814. The molecule has 1 heterocycles. The van der Waals surface area contributed by atoms with Crippen LogP contribution in [-0.4, -0.2) is 21.0 Å². The summed E-state index contributed by atoms with van der Waals surface area (Å²) in [6.45, 7) is 6.72. The maximum Gasteiger partial charge on any atom is 0.225 e. The van der Waals surface area contributed by atoms with Gasteiger partial charge < -0.3 is 15.6 Å². The van der Waals surface area contributed by atoms with Crippen LogP contribution in [0.4, 0.5) is 0 Å². The Morgan fingerprint density at radius 1 is 1.35 bits per heavy atom. The van der Waals surface area contributed by atoms with Crippen LogP contribution in [0.25, 0.3) is 11.0 Å². The lowest BCUT2D eigenvalue weighted by Gasteiger charge is -2.37. The molecule has 1 aliphatic carbocycles. The number of benzene rings is 1. The van der Waals surface area contributed by atoms with E-state index in [-0.39, 0.29) is 36.6 Å². The second-order valence-electron chi connectivity index (χ2n) is 7.50. The summed E-state index contributed by atoms with van der Waals surface area (Å²) in [6.07, 6.45) is 3.98. The summed E-state index contributed by atoms with van der Waals surface area (Å²) in [5.74, 6) is 0.847. The molecule has 1 fully saturated rings. The van der Waals surface area contributed by atoms with E-state index in [9.17, 15) is 4.79 Å². The maximum atomic E-state index is 12.7. The number of rotatable bonds is 4. The number of hydrogen-bond donors (Lipinski definition) is 2. The zero-order chi connectivity index (χ0) is 17.3. The molecule has 3 N–H and O–H groups in total. The Labute approximate surface area is 167 Å². The van der Waals surface area contributed by atoms with Gasteiger partial charge in [-0.15, -0.1) is 24.8 Å². The summed E-state index contributed by atoms with van der Waals surface area (Å²) in [5, 5.41) is 3.08. The maximum absolute atomic E-state index is 12.7. The molecule has 0 saturated heterocycles. The van der Waals surface area contributed by atoms with Crippen molar-refractivity contribution in [2.24, 2.45) is 11.7 Å². The smallest absolute Gasteiger partial charge is 0.225 e. The van der Waals surface area contributed by atoms with Crippen molar-refractivity contribution >= 4 is 41.8 Å². The van der Waals surface area contributed by atoms with Gasteiger partial charge >= 0.3 is 0 Å². The van der Waals surface area contributed by atoms with Gasteiger partial charge in [-0.2, -0.15) is 0 Å². The molecule has 3 rings (SSSR count). The van der Waals surface area contributed by atoms with Gasteiger partial charge in [0.15, 0.2) is 0 Å². The number of aromatic nitrogens is 2. The van der Waals surface area contributed by atoms with E-state index in [1.807, 2.05) is 25.1 Å². The molecule has 7 heteroatoms. The monoisotopic (exact) mass is 400 g/mol. The van der Waals surface area contributed by atoms with Gasteiger partial charge in [0.05, 0.1) is 23.5 Å². The molecule has 0 bridgehead atoms. The van der Waals surface area contributed by atoms with Gasteiger partial charge in [-0.3, -0.25) is 4.79 Å². The van der Waals surface area contributed by atoms with Gasteiger partial charge in [-0.05, 0) is 45.7 Å². The third-order valence-electron chi connectivity index (χ3n) is 5.18. The minimum absolute atomic E-state index is 0. The van der Waals surface area contributed by atoms with Gasteiger partial charge in [-0.1, -0.05) is 25.0 Å². The van der Waals surface area contributed by atoms with Crippen LogP contribution in [0.5, 0.6) is 0 Å². The molecular formula is C19H30Cl2N4O. The lowest BCUT2D eigenvalue weighted by atomic mass is 9.74. The normalized spacial score (nSPS) is 22.6. The van der Waals surface area contributed by atoms with Crippen molar-refractivity contribution in [3.63, 3.8) is 0 Å². The first-order chi connectivity index (χ1) is 11.4. The fourth-order valence-electron chi connectivity index (χ4n) is 3.87. The van der Waals surface area contributed by atoms with E-state index in [0.717, 1.165) is 42.5 Å². The van der Waals surface area contributed by atoms with Crippen LogP contribution in [0.2, 0.25) is 0 Å². The lowest BCUT2D eigenvalue weighted by molar-refractivity contribution is -0.128. The Morgan fingerprint density at radius 3 is 2.69 bits per heavy atom. The Bertz CT molecular complexity index is 742. The van der Waals surface area contributed by atoms with Gasteiger partial charge in [-0.25, -0.2) is 4.98 Å². The molecule has 0 spiro atoms. The summed E-state index contributed by atoms with van der Waals surface area (Å²) < 4.78 is 2.19. The Kier molecular flexibility index (Phi) is 7.93. The second-order valence-corrected chi connectivity index (χ2v) is 7.50. The molecule has 26 heavy (non-hydrogen) atoms. The summed E-state index contributed by atoms with van der Waals surface area (Å²) in [5.41, 5.74) is 8.03. The number of para-hydroxylation sites is 2. The standard InChI is InChI=1S/C19H28N4O.2ClH/c1-13(2)23-16-10-5-4-9-15(16)22-17(23)12-21-18(24)14-8-6-7-11-19(14,3)20;;/h4-5,9-10,13-14H,6-8,11-12,20H2,1-3H3,(H,21,24);2*1H. The van der Waals surface area contributed by atoms with Crippen LogP contribution < -0.4 is 11.1 Å². The predicted octanol–water partition coefficient (Wildman–Crippen LogP) is 3.98. The van der Waals surface area contributed by atoms with Gasteiger partial charge in [0, 0.05) is 11.6 Å². The Hall–Kier alpha value is -1.30. The summed E-state index contributed by atoms with van der Waals surface area (Å²) in [7, 11) is 0. The average Bonchev–Trinajstić information content (AvgIpc) is 2.90. The van der Waals surface area contributed by atoms with E-state index in [1.165, 1.54) is 0 Å². The lowest BCUT2D eigenvalue weighted by Crippen LogP contribution is -2.52. The van der Waals surface area contributed by atoms with Crippen molar-refractivity contribution in [2.75, 3.05) is 0 Å². The highest BCUT2D eigenvalue weighted by Gasteiger charge is 2.37. The van der Waals surface area contributed by atoms with E-state index in [2.05, 4.69) is 29.8 Å². The van der Waals surface area contributed by atoms with Crippen LogP contribution >= 0.6 is 24.8 Å². The number of imidazole rings is 1. The van der Waals surface area contributed by atoms with Crippen molar-refractivity contribution < 1.29 is 4.79 Å².